The second kappa shape index (κ2) is 8.04. The fraction of sp³-hybridized carbons (Fsp3) is 0.444. The van der Waals surface area contributed by atoms with Gasteiger partial charge >= 0.3 is 0 Å². The standard InChI is InChI=1S/C18H25NO4/c1-17(2,13-20)18(23,16(19)22)12-11-15(21)10-6-9-14-7-4-3-5-8-14/h3-8,10,20,23H,9,11-13H2,1-2H3,(H2,19,22)/b10-6+/t18-/m0/s1. The maximum Gasteiger partial charge on any atom is 0.250 e. The number of nitrogens with two attached hydrogens (primary N) is 1. The average Bonchev–Trinajstić information content (AvgIpc) is 2.53. The highest BCUT2D eigenvalue weighted by Gasteiger charge is 2.48. The van der Waals surface area contributed by atoms with E-state index in [2.05, 4.69) is 0 Å². The van der Waals surface area contributed by atoms with Crippen molar-refractivity contribution in [3.8, 4) is 0 Å². The van der Waals surface area contributed by atoms with Crippen molar-refractivity contribution in [2.45, 2.75) is 38.7 Å². The number of hydrogen-bond acceptors (Lipinski definition) is 4. The Kier molecular flexibility index (Phi) is 6.66. The topological polar surface area (TPSA) is 101 Å². The summed E-state index contributed by atoms with van der Waals surface area (Å²) in [5.74, 6) is -1.13. The zero-order chi connectivity index (χ0) is 17.5. The molecule has 0 aliphatic carbocycles. The van der Waals surface area contributed by atoms with Crippen LogP contribution in [0.1, 0.15) is 32.3 Å². The minimum atomic E-state index is -1.93. The summed E-state index contributed by atoms with van der Waals surface area (Å²) in [6, 6.07) is 9.70. The smallest absolute Gasteiger partial charge is 0.250 e. The molecule has 0 bridgehead atoms. The molecule has 126 valence electrons. The van der Waals surface area contributed by atoms with Crippen LogP contribution in [0, 0.1) is 5.41 Å². The van der Waals surface area contributed by atoms with E-state index in [1.807, 2.05) is 30.3 Å². The van der Waals surface area contributed by atoms with Crippen LogP contribution >= 0.6 is 0 Å². The van der Waals surface area contributed by atoms with E-state index in [0.29, 0.717) is 6.42 Å². The van der Waals surface area contributed by atoms with Gasteiger partial charge in [-0.2, -0.15) is 0 Å². The molecule has 5 heteroatoms. The van der Waals surface area contributed by atoms with Crippen molar-refractivity contribution in [1.29, 1.82) is 0 Å². The Morgan fingerprint density at radius 3 is 2.35 bits per heavy atom. The summed E-state index contributed by atoms with van der Waals surface area (Å²) >= 11 is 0. The number of allylic oxidation sites excluding steroid dienone is 2. The van der Waals surface area contributed by atoms with E-state index in [-0.39, 0.29) is 18.6 Å². The lowest BCUT2D eigenvalue weighted by Gasteiger charge is -2.38. The molecule has 0 aliphatic rings. The lowest BCUT2D eigenvalue weighted by atomic mass is 9.72. The van der Waals surface area contributed by atoms with Crippen LogP contribution in [-0.2, 0) is 16.0 Å². The monoisotopic (exact) mass is 319 g/mol. The van der Waals surface area contributed by atoms with Gasteiger partial charge in [-0.1, -0.05) is 50.3 Å². The molecule has 0 radical (unpaired) electrons. The van der Waals surface area contributed by atoms with Gasteiger partial charge in [-0.15, -0.1) is 0 Å². The van der Waals surface area contributed by atoms with Gasteiger partial charge in [-0.25, -0.2) is 0 Å². The molecule has 0 saturated carbocycles. The van der Waals surface area contributed by atoms with Crippen LogP contribution in [-0.4, -0.2) is 34.1 Å². The molecule has 5 nitrogen and oxygen atoms in total. The van der Waals surface area contributed by atoms with Crippen LogP contribution in [0.5, 0.6) is 0 Å². The average molecular weight is 319 g/mol. The number of aliphatic hydroxyl groups is 2. The minimum Gasteiger partial charge on any atom is -0.396 e. The molecule has 23 heavy (non-hydrogen) atoms. The van der Waals surface area contributed by atoms with Gasteiger partial charge in [0.2, 0.25) is 5.91 Å². The summed E-state index contributed by atoms with van der Waals surface area (Å²) in [5.41, 5.74) is 3.31. The zero-order valence-electron chi connectivity index (χ0n) is 13.7. The Hall–Kier alpha value is -1.98. The predicted octanol–water partition coefficient (Wildman–Crippen LogP) is 1.37. The minimum absolute atomic E-state index is 0.0197. The highest BCUT2D eigenvalue weighted by atomic mass is 16.3. The molecular formula is C18H25NO4. The number of hydrogen-bond donors (Lipinski definition) is 3. The Morgan fingerprint density at radius 2 is 1.83 bits per heavy atom. The maximum atomic E-state index is 11.9. The largest absolute Gasteiger partial charge is 0.396 e. The van der Waals surface area contributed by atoms with Crippen molar-refractivity contribution < 1.29 is 19.8 Å². The maximum absolute atomic E-state index is 11.9. The SMILES string of the molecule is CC(C)(CO)[C@](O)(CCC(=O)/C=C/Cc1ccccc1)C(N)=O. The third-order valence-corrected chi connectivity index (χ3v) is 4.16. The number of benzene rings is 1. The Balaban J connectivity index is 2.61. The first-order valence-corrected chi connectivity index (χ1v) is 7.59. The predicted molar refractivity (Wildman–Crippen MR) is 88.5 cm³/mol. The van der Waals surface area contributed by atoms with Crippen LogP contribution in [0.25, 0.3) is 0 Å². The van der Waals surface area contributed by atoms with Crippen LogP contribution in [0.3, 0.4) is 0 Å². The van der Waals surface area contributed by atoms with E-state index in [1.165, 1.54) is 19.9 Å². The molecule has 0 aromatic heterocycles. The number of primary amides is 1. The lowest BCUT2D eigenvalue weighted by molar-refractivity contribution is -0.156. The van der Waals surface area contributed by atoms with Crippen molar-refractivity contribution in [2.24, 2.45) is 11.1 Å². The molecule has 0 unspecified atom stereocenters. The van der Waals surface area contributed by atoms with E-state index in [9.17, 15) is 19.8 Å². The normalized spacial score (nSPS) is 14.6. The summed E-state index contributed by atoms with van der Waals surface area (Å²) in [5, 5.41) is 19.8. The molecule has 0 heterocycles. The molecule has 1 aromatic carbocycles. The third-order valence-electron chi connectivity index (χ3n) is 4.16. The fourth-order valence-electron chi connectivity index (χ4n) is 2.25. The van der Waals surface area contributed by atoms with Gasteiger partial charge in [0, 0.05) is 11.8 Å². The van der Waals surface area contributed by atoms with E-state index < -0.39 is 23.5 Å². The Morgan fingerprint density at radius 1 is 1.22 bits per heavy atom. The molecule has 1 aromatic rings. The van der Waals surface area contributed by atoms with Crippen LogP contribution in [0.4, 0.5) is 0 Å². The van der Waals surface area contributed by atoms with Crippen molar-refractivity contribution in [3.63, 3.8) is 0 Å². The summed E-state index contributed by atoms with van der Waals surface area (Å²) in [4.78, 5) is 23.5. The molecule has 1 amide bonds. The zero-order valence-corrected chi connectivity index (χ0v) is 13.7. The quantitative estimate of drug-likeness (QED) is 0.598. The lowest BCUT2D eigenvalue weighted by Crippen LogP contribution is -2.56. The second-order valence-corrected chi connectivity index (χ2v) is 6.32. The number of amides is 1. The van der Waals surface area contributed by atoms with E-state index in [1.54, 1.807) is 6.08 Å². The number of carbonyl (C=O) groups excluding carboxylic acids is 2. The van der Waals surface area contributed by atoms with Gasteiger partial charge in [0.25, 0.3) is 0 Å². The molecule has 0 saturated heterocycles. The Labute approximate surface area is 136 Å². The molecule has 0 fully saturated rings. The number of rotatable bonds is 9. The van der Waals surface area contributed by atoms with Gasteiger partial charge in [0.1, 0.15) is 0 Å². The summed E-state index contributed by atoms with van der Waals surface area (Å²) in [7, 11) is 0. The van der Waals surface area contributed by atoms with Crippen LogP contribution in [0.2, 0.25) is 0 Å². The summed E-state index contributed by atoms with van der Waals surface area (Å²) in [6.45, 7) is 2.66. The van der Waals surface area contributed by atoms with Crippen LogP contribution in [0.15, 0.2) is 42.5 Å². The molecular weight excluding hydrogens is 294 g/mol. The molecule has 0 spiro atoms. The highest BCUT2D eigenvalue weighted by Crippen LogP contribution is 2.34. The Bertz CT molecular complexity index is 566. The van der Waals surface area contributed by atoms with Gasteiger partial charge < -0.3 is 15.9 Å². The molecule has 1 rings (SSSR count). The third kappa shape index (κ3) is 5.01. The number of carbonyl (C=O) groups is 2. The second-order valence-electron chi connectivity index (χ2n) is 6.32. The summed E-state index contributed by atoms with van der Waals surface area (Å²) in [6.07, 6.45) is 3.69. The first kappa shape index (κ1) is 19.1. The van der Waals surface area contributed by atoms with E-state index in [4.69, 9.17) is 5.73 Å². The number of aliphatic hydroxyl groups excluding tert-OH is 1. The van der Waals surface area contributed by atoms with Gasteiger partial charge in [0.15, 0.2) is 11.4 Å². The van der Waals surface area contributed by atoms with Crippen molar-refractivity contribution in [2.75, 3.05) is 6.61 Å². The van der Waals surface area contributed by atoms with Crippen LogP contribution < -0.4 is 5.73 Å². The van der Waals surface area contributed by atoms with Gasteiger partial charge in [-0.3, -0.25) is 9.59 Å². The highest BCUT2D eigenvalue weighted by molar-refractivity contribution is 5.91. The first-order valence-electron chi connectivity index (χ1n) is 7.59. The molecule has 0 aliphatic heterocycles. The molecule has 1 atom stereocenters. The first-order chi connectivity index (χ1) is 10.7. The van der Waals surface area contributed by atoms with Gasteiger partial charge in [0.05, 0.1) is 6.61 Å². The van der Waals surface area contributed by atoms with E-state index >= 15 is 0 Å². The fourth-order valence-corrected chi connectivity index (χ4v) is 2.25. The van der Waals surface area contributed by atoms with Crippen molar-refractivity contribution in [1.82, 2.24) is 0 Å². The van der Waals surface area contributed by atoms with Crippen molar-refractivity contribution >= 4 is 11.7 Å². The molecule has 4 N–H and O–H groups in total. The summed E-state index contributed by atoms with van der Waals surface area (Å²) < 4.78 is 0. The number of ketones is 1. The van der Waals surface area contributed by atoms with Gasteiger partial charge in [-0.05, 0) is 24.5 Å². The van der Waals surface area contributed by atoms with Crippen molar-refractivity contribution in [3.05, 3.63) is 48.0 Å². The van der Waals surface area contributed by atoms with E-state index in [0.717, 1.165) is 5.56 Å².